The molecule has 0 saturated heterocycles. The van der Waals surface area contributed by atoms with E-state index in [1.807, 2.05) is 23.6 Å². The molecule has 90 valence electrons. The van der Waals surface area contributed by atoms with Gasteiger partial charge in [-0.2, -0.15) is 0 Å². The highest BCUT2D eigenvalue weighted by Crippen LogP contribution is 2.31. The summed E-state index contributed by atoms with van der Waals surface area (Å²) < 4.78 is 0. The van der Waals surface area contributed by atoms with Crippen LogP contribution in [0.2, 0.25) is 0 Å². The first-order chi connectivity index (χ1) is 8.74. The second-order valence-corrected chi connectivity index (χ2v) is 5.77. The van der Waals surface area contributed by atoms with E-state index in [0.29, 0.717) is 5.95 Å². The lowest BCUT2D eigenvalue weighted by atomic mass is 10.2. The van der Waals surface area contributed by atoms with Crippen molar-refractivity contribution in [1.29, 1.82) is 0 Å². The summed E-state index contributed by atoms with van der Waals surface area (Å²) in [7, 11) is 0. The number of anilines is 1. The zero-order valence-corrected chi connectivity index (χ0v) is 11.4. The van der Waals surface area contributed by atoms with Crippen molar-refractivity contribution >= 4 is 28.6 Å². The van der Waals surface area contributed by atoms with Gasteiger partial charge < -0.3 is 5.73 Å². The normalized spacial score (nSPS) is 10.7. The summed E-state index contributed by atoms with van der Waals surface area (Å²) in [4.78, 5) is 10.9. The number of nitrogens with two attached hydrogens (primary N) is 1. The molecule has 0 amide bonds. The van der Waals surface area contributed by atoms with Crippen LogP contribution >= 0.6 is 22.7 Å². The second kappa shape index (κ2) is 4.51. The van der Waals surface area contributed by atoms with E-state index in [0.717, 1.165) is 21.1 Å². The van der Waals surface area contributed by atoms with E-state index in [1.165, 1.54) is 5.56 Å². The molecule has 0 spiro atoms. The zero-order chi connectivity index (χ0) is 12.5. The van der Waals surface area contributed by atoms with Gasteiger partial charge in [0.15, 0.2) is 0 Å². The lowest BCUT2D eigenvalue weighted by Gasteiger charge is -2.04. The lowest BCUT2D eigenvalue weighted by Crippen LogP contribution is -1.97. The Bertz CT molecular complexity index is 671. The number of hydrogen-bond donors (Lipinski definition) is 1. The third-order valence-corrected chi connectivity index (χ3v) is 4.54. The van der Waals surface area contributed by atoms with Crippen molar-refractivity contribution < 1.29 is 0 Å². The van der Waals surface area contributed by atoms with E-state index in [1.54, 1.807) is 22.7 Å². The molecule has 0 radical (unpaired) electrons. The molecule has 3 aromatic heterocycles. The molecule has 0 unspecified atom stereocenters. The van der Waals surface area contributed by atoms with Crippen LogP contribution in [0.25, 0.3) is 21.1 Å². The van der Waals surface area contributed by atoms with Crippen molar-refractivity contribution in [2.45, 2.75) is 6.92 Å². The predicted octanol–water partition coefficient (Wildman–Crippen LogP) is 3.82. The lowest BCUT2D eigenvalue weighted by molar-refractivity contribution is 1.20. The van der Waals surface area contributed by atoms with Gasteiger partial charge >= 0.3 is 0 Å². The molecular formula is C13H11N3S2. The average Bonchev–Trinajstić information content (AvgIpc) is 2.98. The Morgan fingerprint density at radius 1 is 1.06 bits per heavy atom. The van der Waals surface area contributed by atoms with Gasteiger partial charge in [-0.3, -0.25) is 0 Å². The maximum atomic E-state index is 5.81. The van der Waals surface area contributed by atoms with Crippen LogP contribution < -0.4 is 5.73 Å². The van der Waals surface area contributed by atoms with Gasteiger partial charge in [0.1, 0.15) is 0 Å². The molecule has 3 aromatic rings. The Balaban J connectivity index is 2.15. The van der Waals surface area contributed by atoms with Gasteiger partial charge in [-0.05, 0) is 41.4 Å². The standard InChI is InChI=1S/C13H11N3S2/c1-8-4-6-18-12(8)10-7-9(15-13(14)16-10)11-3-2-5-17-11/h2-7H,1H3,(H2,14,15,16). The summed E-state index contributed by atoms with van der Waals surface area (Å²) >= 11 is 3.33. The van der Waals surface area contributed by atoms with E-state index in [-0.39, 0.29) is 0 Å². The van der Waals surface area contributed by atoms with Crippen molar-refractivity contribution in [2.75, 3.05) is 5.73 Å². The van der Waals surface area contributed by atoms with Crippen LogP contribution in [0, 0.1) is 6.92 Å². The van der Waals surface area contributed by atoms with Crippen LogP contribution in [-0.2, 0) is 0 Å². The molecule has 0 bridgehead atoms. The van der Waals surface area contributed by atoms with Crippen LogP contribution in [0.1, 0.15) is 5.56 Å². The molecule has 0 atom stereocenters. The van der Waals surface area contributed by atoms with Gasteiger partial charge in [-0.15, -0.1) is 22.7 Å². The maximum Gasteiger partial charge on any atom is 0.221 e. The monoisotopic (exact) mass is 273 g/mol. The number of aryl methyl sites for hydroxylation is 1. The van der Waals surface area contributed by atoms with Crippen molar-refractivity contribution in [2.24, 2.45) is 0 Å². The van der Waals surface area contributed by atoms with Gasteiger partial charge in [-0.1, -0.05) is 6.07 Å². The average molecular weight is 273 g/mol. The van der Waals surface area contributed by atoms with E-state index in [4.69, 9.17) is 5.73 Å². The highest BCUT2D eigenvalue weighted by molar-refractivity contribution is 7.14. The molecule has 3 rings (SSSR count). The molecule has 0 fully saturated rings. The first-order valence-corrected chi connectivity index (χ1v) is 7.23. The summed E-state index contributed by atoms with van der Waals surface area (Å²) in [5.74, 6) is 0.323. The van der Waals surface area contributed by atoms with Crippen LogP contribution in [0.3, 0.4) is 0 Å². The van der Waals surface area contributed by atoms with Crippen molar-refractivity contribution in [1.82, 2.24) is 9.97 Å². The van der Waals surface area contributed by atoms with E-state index >= 15 is 0 Å². The van der Waals surface area contributed by atoms with Gasteiger partial charge in [0, 0.05) is 0 Å². The van der Waals surface area contributed by atoms with Crippen LogP contribution in [-0.4, -0.2) is 9.97 Å². The topological polar surface area (TPSA) is 51.8 Å². The van der Waals surface area contributed by atoms with Gasteiger partial charge in [0.2, 0.25) is 5.95 Å². The Morgan fingerprint density at radius 2 is 1.89 bits per heavy atom. The number of rotatable bonds is 2. The molecule has 0 aliphatic heterocycles. The smallest absolute Gasteiger partial charge is 0.221 e. The molecule has 0 aromatic carbocycles. The number of nitrogen functional groups attached to an aromatic ring is 1. The Labute approximate surface area is 113 Å². The molecule has 3 heterocycles. The van der Waals surface area contributed by atoms with E-state index in [2.05, 4.69) is 28.3 Å². The summed E-state index contributed by atoms with van der Waals surface area (Å²) in [5.41, 5.74) is 8.82. The summed E-state index contributed by atoms with van der Waals surface area (Å²) in [6.45, 7) is 2.08. The van der Waals surface area contributed by atoms with Gasteiger partial charge in [0.05, 0.1) is 21.1 Å². The maximum absolute atomic E-state index is 5.81. The summed E-state index contributed by atoms with van der Waals surface area (Å²) in [6, 6.07) is 8.13. The van der Waals surface area contributed by atoms with E-state index < -0.39 is 0 Å². The minimum absolute atomic E-state index is 0.323. The summed E-state index contributed by atoms with van der Waals surface area (Å²) in [5, 5.41) is 4.09. The molecule has 0 aliphatic carbocycles. The zero-order valence-electron chi connectivity index (χ0n) is 9.75. The molecule has 0 saturated carbocycles. The number of hydrogen-bond acceptors (Lipinski definition) is 5. The SMILES string of the molecule is Cc1ccsc1-c1cc(-c2cccs2)nc(N)n1. The fraction of sp³-hybridized carbons (Fsp3) is 0.0769. The third-order valence-electron chi connectivity index (χ3n) is 2.61. The van der Waals surface area contributed by atoms with E-state index in [9.17, 15) is 0 Å². The largest absolute Gasteiger partial charge is 0.368 e. The molecule has 0 aliphatic rings. The van der Waals surface area contributed by atoms with Crippen molar-refractivity contribution in [3.8, 4) is 21.1 Å². The highest BCUT2D eigenvalue weighted by Gasteiger charge is 2.10. The predicted molar refractivity (Wildman–Crippen MR) is 77.8 cm³/mol. The minimum atomic E-state index is 0.323. The Hall–Kier alpha value is -1.72. The van der Waals surface area contributed by atoms with Crippen molar-refractivity contribution in [3.63, 3.8) is 0 Å². The fourth-order valence-electron chi connectivity index (χ4n) is 1.77. The molecule has 18 heavy (non-hydrogen) atoms. The summed E-state index contributed by atoms with van der Waals surface area (Å²) in [6.07, 6.45) is 0. The Morgan fingerprint density at radius 3 is 2.56 bits per heavy atom. The molecule has 5 heteroatoms. The number of aromatic nitrogens is 2. The highest BCUT2D eigenvalue weighted by atomic mass is 32.1. The fourth-order valence-corrected chi connectivity index (χ4v) is 3.34. The number of thiophene rings is 2. The van der Waals surface area contributed by atoms with Gasteiger partial charge in [0.25, 0.3) is 0 Å². The second-order valence-electron chi connectivity index (χ2n) is 3.91. The van der Waals surface area contributed by atoms with Crippen molar-refractivity contribution in [3.05, 3.63) is 40.6 Å². The molecular weight excluding hydrogens is 262 g/mol. The van der Waals surface area contributed by atoms with Crippen LogP contribution in [0.5, 0.6) is 0 Å². The van der Waals surface area contributed by atoms with Crippen LogP contribution in [0.4, 0.5) is 5.95 Å². The minimum Gasteiger partial charge on any atom is -0.368 e. The molecule has 2 N–H and O–H groups in total. The molecule has 3 nitrogen and oxygen atoms in total. The quantitative estimate of drug-likeness (QED) is 0.772. The number of nitrogens with zero attached hydrogens (tertiary/aromatic N) is 2. The first kappa shape index (κ1) is 11.4. The first-order valence-electron chi connectivity index (χ1n) is 5.47. The van der Waals surface area contributed by atoms with Crippen LogP contribution in [0.15, 0.2) is 35.0 Å². The van der Waals surface area contributed by atoms with Gasteiger partial charge in [-0.25, -0.2) is 9.97 Å². The Kier molecular flexibility index (Phi) is 2.85. The third kappa shape index (κ3) is 2.02.